The number of rotatable bonds is 16. The van der Waals surface area contributed by atoms with Crippen molar-refractivity contribution in [1.29, 1.82) is 0 Å². The Labute approximate surface area is 176 Å². The van der Waals surface area contributed by atoms with Crippen molar-refractivity contribution in [3.63, 3.8) is 0 Å². The number of unbranched alkanes of at least 4 members (excludes halogenated alkanes) is 5. The highest BCUT2D eigenvalue weighted by Gasteiger charge is 2.81. The predicted molar refractivity (Wildman–Crippen MR) is 95.4 cm³/mol. The molecule has 0 aliphatic rings. The topological polar surface area (TPSA) is 27.7 Å². The van der Waals surface area contributed by atoms with Crippen molar-refractivity contribution in [1.82, 2.24) is 0 Å². The largest absolute Gasteiger partial charge is 0.460 e. The molecule has 0 bridgehead atoms. The third kappa shape index (κ3) is 7.12. The lowest BCUT2D eigenvalue weighted by Gasteiger charge is -2.38. The fourth-order valence-electron chi connectivity index (χ4n) is 3.34. The van der Waals surface area contributed by atoms with E-state index in [0.29, 0.717) is 12.8 Å². The van der Waals surface area contributed by atoms with Gasteiger partial charge in [-0.05, 0) is 12.8 Å². The molecule has 0 saturated carbocycles. The van der Waals surface area contributed by atoms with Gasteiger partial charge in [0, 0.05) is 33.7 Å². The van der Waals surface area contributed by atoms with Crippen LogP contribution in [0.4, 0.5) is 39.5 Å². The van der Waals surface area contributed by atoms with Crippen LogP contribution in [0.5, 0.6) is 0 Å². The highest BCUT2D eigenvalue weighted by Crippen LogP contribution is 2.54. The SMILES string of the molecule is CCCCCCCCC(CCC(F)(F)C(F)(F)C(F)(F)C(F)(F)F)C(OC)(OC)OC. The van der Waals surface area contributed by atoms with Gasteiger partial charge in [-0.1, -0.05) is 45.4 Å². The Morgan fingerprint density at radius 1 is 0.613 bits per heavy atom. The second-order valence-corrected chi connectivity index (χ2v) is 7.36. The van der Waals surface area contributed by atoms with Gasteiger partial charge in [-0.15, -0.1) is 0 Å². The molecule has 1 atom stereocenters. The summed E-state index contributed by atoms with van der Waals surface area (Å²) in [6.45, 7) is 2.01. The van der Waals surface area contributed by atoms with Crippen LogP contribution in [0.3, 0.4) is 0 Å². The minimum atomic E-state index is -6.90. The van der Waals surface area contributed by atoms with Crippen molar-refractivity contribution in [2.75, 3.05) is 21.3 Å². The summed E-state index contributed by atoms with van der Waals surface area (Å²) < 4.78 is 133. The highest BCUT2D eigenvalue weighted by atomic mass is 19.4. The summed E-state index contributed by atoms with van der Waals surface area (Å²) in [6, 6.07) is 0. The van der Waals surface area contributed by atoms with Crippen molar-refractivity contribution in [3.8, 4) is 0 Å². The molecule has 0 aromatic carbocycles. The Morgan fingerprint density at radius 3 is 1.48 bits per heavy atom. The van der Waals surface area contributed by atoms with E-state index in [4.69, 9.17) is 14.2 Å². The summed E-state index contributed by atoms with van der Waals surface area (Å²) in [6.07, 6.45) is -4.76. The Kier molecular flexibility index (Phi) is 11.6. The zero-order valence-corrected chi connectivity index (χ0v) is 18.1. The summed E-state index contributed by atoms with van der Waals surface area (Å²) in [5.41, 5.74) is 0. The van der Waals surface area contributed by atoms with Gasteiger partial charge in [-0.2, -0.15) is 39.5 Å². The van der Waals surface area contributed by atoms with Crippen molar-refractivity contribution >= 4 is 0 Å². The quantitative estimate of drug-likeness (QED) is 0.133. The van der Waals surface area contributed by atoms with E-state index < -0.39 is 48.7 Å². The normalized spacial score (nSPS) is 15.4. The predicted octanol–water partition coefficient (Wildman–Crippen LogP) is 7.19. The average molecular weight is 478 g/mol. The number of halogens is 9. The molecule has 12 heteroatoms. The van der Waals surface area contributed by atoms with Crippen molar-refractivity contribution in [2.24, 2.45) is 5.92 Å². The molecule has 0 aromatic rings. The van der Waals surface area contributed by atoms with Gasteiger partial charge in [0.1, 0.15) is 0 Å². The third-order valence-corrected chi connectivity index (χ3v) is 5.28. The molecule has 0 spiro atoms. The van der Waals surface area contributed by atoms with Gasteiger partial charge < -0.3 is 14.2 Å². The van der Waals surface area contributed by atoms with Crippen molar-refractivity contribution in [2.45, 2.75) is 94.6 Å². The van der Waals surface area contributed by atoms with Gasteiger partial charge in [0.25, 0.3) is 5.97 Å². The number of hydrogen-bond acceptors (Lipinski definition) is 3. The Morgan fingerprint density at radius 2 is 1.06 bits per heavy atom. The van der Waals surface area contributed by atoms with Crippen LogP contribution >= 0.6 is 0 Å². The molecule has 1 unspecified atom stereocenters. The summed E-state index contributed by atoms with van der Waals surface area (Å²) in [4.78, 5) is 0. The van der Waals surface area contributed by atoms with Crippen LogP contribution in [-0.2, 0) is 14.2 Å². The minimum Gasteiger partial charge on any atom is -0.331 e. The summed E-state index contributed by atoms with van der Waals surface area (Å²) in [5, 5.41) is 0. The lowest BCUT2D eigenvalue weighted by atomic mass is 9.89. The van der Waals surface area contributed by atoms with Crippen LogP contribution in [0.1, 0.15) is 64.7 Å². The first-order valence-electron chi connectivity index (χ1n) is 9.95. The van der Waals surface area contributed by atoms with Gasteiger partial charge in [0.2, 0.25) is 0 Å². The molecule has 0 heterocycles. The molecular formula is C19H31F9O3. The van der Waals surface area contributed by atoms with E-state index in [9.17, 15) is 39.5 Å². The first-order chi connectivity index (χ1) is 14.1. The molecule has 31 heavy (non-hydrogen) atoms. The average Bonchev–Trinajstić information content (AvgIpc) is 2.68. The molecule has 188 valence electrons. The maximum atomic E-state index is 14.0. The first-order valence-corrected chi connectivity index (χ1v) is 9.95. The third-order valence-electron chi connectivity index (χ3n) is 5.28. The second kappa shape index (κ2) is 11.9. The van der Waals surface area contributed by atoms with Crippen LogP contribution in [0, 0.1) is 5.92 Å². The van der Waals surface area contributed by atoms with Crippen LogP contribution in [0.25, 0.3) is 0 Å². The Hall–Kier alpha value is -0.750. The van der Waals surface area contributed by atoms with E-state index in [1.165, 1.54) is 0 Å². The van der Waals surface area contributed by atoms with Crippen LogP contribution in [0.15, 0.2) is 0 Å². The van der Waals surface area contributed by atoms with E-state index in [1.54, 1.807) is 0 Å². The van der Waals surface area contributed by atoms with Crippen molar-refractivity contribution < 1.29 is 53.7 Å². The van der Waals surface area contributed by atoms with Gasteiger partial charge >= 0.3 is 23.9 Å². The van der Waals surface area contributed by atoms with E-state index in [0.717, 1.165) is 47.0 Å². The Balaban J connectivity index is 5.46. The second-order valence-electron chi connectivity index (χ2n) is 7.36. The summed E-state index contributed by atoms with van der Waals surface area (Å²) in [5.74, 6) is -22.3. The highest BCUT2D eigenvalue weighted by molar-refractivity contribution is 5.00. The monoisotopic (exact) mass is 478 g/mol. The van der Waals surface area contributed by atoms with Crippen LogP contribution in [0.2, 0.25) is 0 Å². The lowest BCUT2D eigenvalue weighted by Crippen LogP contribution is -2.61. The molecular weight excluding hydrogens is 447 g/mol. The first kappa shape index (κ1) is 30.2. The van der Waals surface area contributed by atoms with Crippen molar-refractivity contribution in [3.05, 3.63) is 0 Å². The Bertz CT molecular complexity index is 498. The van der Waals surface area contributed by atoms with E-state index in [1.807, 2.05) is 6.92 Å². The van der Waals surface area contributed by atoms with Gasteiger partial charge in [0.15, 0.2) is 0 Å². The van der Waals surface area contributed by atoms with E-state index in [-0.39, 0.29) is 6.42 Å². The number of alkyl halides is 9. The molecule has 0 aromatic heterocycles. The van der Waals surface area contributed by atoms with E-state index in [2.05, 4.69) is 0 Å². The van der Waals surface area contributed by atoms with Crippen LogP contribution < -0.4 is 0 Å². The maximum absolute atomic E-state index is 14.0. The molecule has 0 radical (unpaired) electrons. The standard InChI is InChI=1S/C19H31F9O3/c1-5-6-7-8-9-10-11-14(16(29-2,30-3)31-4)12-13-15(20,21)17(22,23)18(24,25)19(26,27)28/h14H,5-13H2,1-4H3. The fraction of sp³-hybridized carbons (Fsp3) is 1.00. The number of hydrogen-bond donors (Lipinski definition) is 0. The summed E-state index contributed by atoms with van der Waals surface area (Å²) in [7, 11) is 3.31. The summed E-state index contributed by atoms with van der Waals surface area (Å²) >= 11 is 0. The zero-order chi connectivity index (χ0) is 24.6. The van der Waals surface area contributed by atoms with Gasteiger partial charge in [0.05, 0.1) is 0 Å². The molecule has 0 amide bonds. The lowest BCUT2D eigenvalue weighted by molar-refractivity contribution is -0.400. The smallest absolute Gasteiger partial charge is 0.331 e. The fourth-order valence-corrected chi connectivity index (χ4v) is 3.34. The number of ether oxygens (including phenoxy) is 3. The van der Waals surface area contributed by atoms with Gasteiger partial charge in [-0.3, -0.25) is 0 Å². The molecule has 0 aliphatic heterocycles. The molecule has 0 aliphatic carbocycles. The molecule has 3 nitrogen and oxygen atoms in total. The van der Waals surface area contributed by atoms with Crippen LogP contribution in [-0.4, -0.2) is 51.2 Å². The van der Waals surface area contributed by atoms with Gasteiger partial charge in [-0.25, -0.2) is 0 Å². The molecule has 0 N–H and O–H groups in total. The maximum Gasteiger partial charge on any atom is 0.460 e. The van der Waals surface area contributed by atoms with E-state index >= 15 is 0 Å². The minimum absolute atomic E-state index is 0.0823. The molecule has 0 rings (SSSR count). The molecule has 0 fully saturated rings. The number of methoxy groups -OCH3 is 3. The molecule has 0 saturated heterocycles. The zero-order valence-electron chi connectivity index (χ0n) is 18.1.